The number of carbonyl (C=O) groups excluding carboxylic acids is 2. The summed E-state index contributed by atoms with van der Waals surface area (Å²) < 4.78 is 19.3. The van der Waals surface area contributed by atoms with Gasteiger partial charge in [0.05, 0.1) is 16.1 Å². The molecule has 2 aromatic heterocycles. The minimum Gasteiger partial charge on any atom is -0.322 e. The first-order valence-electron chi connectivity index (χ1n) is 8.85. The Balaban J connectivity index is 1.49. The molecule has 0 bridgehead atoms. The summed E-state index contributed by atoms with van der Waals surface area (Å²) >= 11 is 2.58. The number of fused-ring (bicyclic) bond motifs is 1. The molecular formula is C21H15FN4O2S2. The number of nitrogens with zero attached hydrogens (tertiary/aromatic N) is 3. The molecule has 4 aromatic rings. The normalized spacial score (nSPS) is 11.1. The number of amides is 2. The lowest BCUT2D eigenvalue weighted by Crippen LogP contribution is -2.23. The number of rotatable bonds is 5. The fourth-order valence-corrected chi connectivity index (χ4v) is 4.26. The van der Waals surface area contributed by atoms with Crippen LogP contribution in [-0.2, 0) is 9.59 Å². The van der Waals surface area contributed by atoms with Gasteiger partial charge in [-0.2, -0.15) is 4.37 Å². The van der Waals surface area contributed by atoms with E-state index in [4.69, 9.17) is 0 Å². The summed E-state index contributed by atoms with van der Waals surface area (Å²) in [6, 6.07) is 11.6. The Morgan fingerprint density at radius 3 is 2.83 bits per heavy atom. The summed E-state index contributed by atoms with van der Waals surface area (Å²) in [5, 5.41) is 5.77. The zero-order valence-electron chi connectivity index (χ0n) is 15.7. The number of hydrogen-bond acceptors (Lipinski definition) is 6. The summed E-state index contributed by atoms with van der Waals surface area (Å²) in [6.45, 7) is 1.34. The number of anilines is 3. The van der Waals surface area contributed by atoms with Gasteiger partial charge in [-0.15, -0.1) is 11.3 Å². The van der Waals surface area contributed by atoms with Crippen LogP contribution in [-0.4, -0.2) is 21.2 Å². The van der Waals surface area contributed by atoms with Crippen LogP contribution in [0.4, 0.5) is 20.9 Å². The van der Waals surface area contributed by atoms with Gasteiger partial charge in [-0.1, -0.05) is 12.1 Å². The van der Waals surface area contributed by atoms with E-state index >= 15 is 0 Å². The Bertz CT molecular complexity index is 1260. The number of nitrogens with one attached hydrogen (secondary N) is 1. The second-order valence-corrected chi connectivity index (χ2v) is 7.93. The van der Waals surface area contributed by atoms with Crippen molar-refractivity contribution < 1.29 is 14.0 Å². The molecule has 2 aromatic carbocycles. The molecule has 0 unspecified atom stereocenters. The van der Waals surface area contributed by atoms with Crippen molar-refractivity contribution in [3.63, 3.8) is 0 Å². The van der Waals surface area contributed by atoms with Gasteiger partial charge in [0.2, 0.25) is 11.8 Å². The van der Waals surface area contributed by atoms with Gasteiger partial charge < -0.3 is 5.32 Å². The lowest BCUT2D eigenvalue weighted by atomic mass is 10.2. The Kier molecular flexibility index (Phi) is 5.64. The summed E-state index contributed by atoms with van der Waals surface area (Å²) in [4.78, 5) is 29.9. The standard InChI is InChI=1S/C21H15FN4O2S2/c1-13(27)26(18-5-3-2-4-17(18)22)21-25-16(12-29-21)7-9-20(28)24-15-6-8-19-14(10-15)11-23-30-19/h2-12H,1H3,(H,24,28)/b9-7+. The molecule has 150 valence electrons. The second kappa shape index (κ2) is 8.52. The minimum atomic E-state index is -0.517. The van der Waals surface area contributed by atoms with Crippen molar-refractivity contribution in [2.24, 2.45) is 0 Å². The van der Waals surface area contributed by atoms with Gasteiger partial charge in [0, 0.05) is 35.7 Å². The van der Waals surface area contributed by atoms with Gasteiger partial charge in [-0.05, 0) is 47.9 Å². The molecule has 0 saturated heterocycles. The molecular weight excluding hydrogens is 423 g/mol. The molecule has 0 fully saturated rings. The van der Waals surface area contributed by atoms with E-state index in [1.807, 2.05) is 18.2 Å². The van der Waals surface area contributed by atoms with Crippen LogP contribution in [0.3, 0.4) is 0 Å². The Morgan fingerprint density at radius 1 is 1.20 bits per heavy atom. The maximum Gasteiger partial charge on any atom is 0.248 e. The van der Waals surface area contributed by atoms with E-state index < -0.39 is 5.82 Å². The minimum absolute atomic E-state index is 0.130. The van der Waals surface area contributed by atoms with Crippen LogP contribution < -0.4 is 10.2 Å². The number of para-hydroxylation sites is 1. The summed E-state index contributed by atoms with van der Waals surface area (Å²) in [6.07, 6.45) is 4.65. The second-order valence-electron chi connectivity index (χ2n) is 6.26. The topological polar surface area (TPSA) is 75.2 Å². The molecule has 0 radical (unpaired) electrons. The molecule has 2 heterocycles. The van der Waals surface area contributed by atoms with Crippen LogP contribution in [0.2, 0.25) is 0 Å². The third-order valence-electron chi connectivity index (χ3n) is 4.13. The molecule has 6 nitrogen and oxygen atoms in total. The van der Waals surface area contributed by atoms with Crippen LogP contribution in [0.5, 0.6) is 0 Å². The predicted octanol–water partition coefficient (Wildman–Crippen LogP) is 5.23. The van der Waals surface area contributed by atoms with Gasteiger partial charge in [-0.3, -0.25) is 14.5 Å². The summed E-state index contributed by atoms with van der Waals surface area (Å²) in [5.74, 6) is -1.19. The van der Waals surface area contributed by atoms with Crippen LogP contribution in [0.1, 0.15) is 12.6 Å². The molecule has 4 rings (SSSR count). The summed E-state index contributed by atoms with van der Waals surface area (Å²) in [7, 11) is 0. The van der Waals surface area contributed by atoms with E-state index in [9.17, 15) is 14.0 Å². The van der Waals surface area contributed by atoms with E-state index in [2.05, 4.69) is 14.7 Å². The third kappa shape index (κ3) is 4.27. The zero-order valence-corrected chi connectivity index (χ0v) is 17.3. The highest BCUT2D eigenvalue weighted by Crippen LogP contribution is 2.31. The third-order valence-corrected chi connectivity index (χ3v) is 5.76. The van der Waals surface area contributed by atoms with Crippen molar-refractivity contribution in [2.75, 3.05) is 10.2 Å². The van der Waals surface area contributed by atoms with E-state index in [-0.39, 0.29) is 17.5 Å². The number of halogens is 1. The largest absolute Gasteiger partial charge is 0.322 e. The molecule has 0 saturated carbocycles. The highest BCUT2D eigenvalue weighted by Gasteiger charge is 2.20. The monoisotopic (exact) mass is 438 g/mol. The maximum absolute atomic E-state index is 14.1. The first-order valence-corrected chi connectivity index (χ1v) is 10.5. The Hall–Kier alpha value is -3.43. The van der Waals surface area contributed by atoms with E-state index in [1.165, 1.54) is 52.9 Å². The average molecular weight is 439 g/mol. The Morgan fingerprint density at radius 2 is 2.03 bits per heavy atom. The first kappa shape index (κ1) is 19.9. The van der Waals surface area contributed by atoms with Crippen molar-refractivity contribution in [3.05, 3.63) is 71.6 Å². The van der Waals surface area contributed by atoms with Crippen molar-refractivity contribution in [2.45, 2.75) is 6.92 Å². The SMILES string of the molecule is CC(=O)N(c1nc(/C=C/C(=O)Nc2ccc3sncc3c2)cs1)c1ccccc1F. The van der Waals surface area contributed by atoms with E-state index in [0.29, 0.717) is 16.5 Å². The van der Waals surface area contributed by atoms with Crippen LogP contribution in [0, 0.1) is 5.82 Å². The highest BCUT2D eigenvalue weighted by molar-refractivity contribution is 7.14. The van der Waals surface area contributed by atoms with Crippen LogP contribution >= 0.6 is 22.9 Å². The molecule has 1 N–H and O–H groups in total. The molecule has 0 spiro atoms. The number of hydrogen-bond donors (Lipinski definition) is 1. The lowest BCUT2D eigenvalue weighted by Gasteiger charge is -2.18. The molecule has 0 aliphatic rings. The van der Waals surface area contributed by atoms with Gasteiger partial charge in [0.25, 0.3) is 0 Å². The van der Waals surface area contributed by atoms with Gasteiger partial charge >= 0.3 is 0 Å². The van der Waals surface area contributed by atoms with Gasteiger partial charge in [0.15, 0.2) is 5.13 Å². The number of benzene rings is 2. The molecule has 0 atom stereocenters. The van der Waals surface area contributed by atoms with Crippen LogP contribution in [0.25, 0.3) is 16.2 Å². The quantitative estimate of drug-likeness (QED) is 0.433. The molecule has 0 aliphatic heterocycles. The number of carbonyl (C=O) groups is 2. The van der Waals surface area contributed by atoms with E-state index in [1.54, 1.807) is 29.8 Å². The Labute approximate surface area is 179 Å². The fourth-order valence-electron chi connectivity index (χ4n) is 2.79. The highest BCUT2D eigenvalue weighted by atomic mass is 32.1. The van der Waals surface area contributed by atoms with Crippen molar-refractivity contribution in [1.29, 1.82) is 0 Å². The molecule has 9 heteroatoms. The van der Waals surface area contributed by atoms with Crippen molar-refractivity contribution in [1.82, 2.24) is 9.36 Å². The van der Waals surface area contributed by atoms with Gasteiger partial charge in [-0.25, -0.2) is 9.37 Å². The predicted molar refractivity (Wildman–Crippen MR) is 119 cm³/mol. The lowest BCUT2D eigenvalue weighted by molar-refractivity contribution is -0.116. The first-order chi connectivity index (χ1) is 14.5. The smallest absolute Gasteiger partial charge is 0.248 e. The summed E-state index contributed by atoms with van der Waals surface area (Å²) in [5.41, 5.74) is 1.29. The van der Waals surface area contributed by atoms with Gasteiger partial charge in [0.1, 0.15) is 5.82 Å². The average Bonchev–Trinajstić information content (AvgIpc) is 3.37. The van der Waals surface area contributed by atoms with Crippen LogP contribution in [0.15, 0.2) is 60.1 Å². The number of thiazole rings is 1. The van der Waals surface area contributed by atoms with E-state index in [0.717, 1.165) is 10.1 Å². The fraction of sp³-hybridized carbons (Fsp3) is 0.0476. The van der Waals surface area contributed by atoms with Crippen molar-refractivity contribution >= 4 is 67.4 Å². The number of aromatic nitrogens is 2. The van der Waals surface area contributed by atoms with Crippen molar-refractivity contribution in [3.8, 4) is 0 Å². The molecule has 30 heavy (non-hydrogen) atoms. The maximum atomic E-state index is 14.1. The molecule has 2 amide bonds. The zero-order chi connectivity index (χ0) is 21.1. The molecule has 0 aliphatic carbocycles.